The molecular weight excluding hydrogens is 350 g/mol. The fourth-order valence-corrected chi connectivity index (χ4v) is 3.09. The Balaban J connectivity index is 1.54. The van der Waals surface area contributed by atoms with Crippen molar-refractivity contribution < 1.29 is 9.59 Å². The molecule has 2 aromatic carbocycles. The van der Waals surface area contributed by atoms with Crippen LogP contribution in [-0.2, 0) is 11.3 Å². The number of rotatable bonds is 4. The first kappa shape index (κ1) is 18.3. The number of hydrogen-bond acceptors (Lipinski definition) is 2. The lowest BCUT2D eigenvalue weighted by atomic mass is 10.1. The van der Waals surface area contributed by atoms with Crippen LogP contribution >= 0.6 is 11.6 Å². The van der Waals surface area contributed by atoms with Gasteiger partial charge >= 0.3 is 6.03 Å². The lowest BCUT2D eigenvalue weighted by molar-refractivity contribution is -0.117. The molecule has 1 saturated heterocycles. The molecule has 0 spiro atoms. The minimum absolute atomic E-state index is 0.0243. The molecule has 26 heavy (non-hydrogen) atoms. The second-order valence-electron chi connectivity index (χ2n) is 6.63. The summed E-state index contributed by atoms with van der Waals surface area (Å²) in [4.78, 5) is 26.2. The summed E-state index contributed by atoms with van der Waals surface area (Å²) >= 11 is 5.85. The second kappa shape index (κ2) is 7.79. The van der Waals surface area contributed by atoms with Gasteiger partial charge in [-0.05, 0) is 54.8 Å². The van der Waals surface area contributed by atoms with E-state index < -0.39 is 0 Å². The van der Waals surface area contributed by atoms with Gasteiger partial charge in [0.2, 0.25) is 5.91 Å². The molecule has 0 bridgehead atoms. The third kappa shape index (κ3) is 4.35. The molecule has 1 fully saturated rings. The molecule has 6 heteroatoms. The van der Waals surface area contributed by atoms with E-state index in [0.29, 0.717) is 24.5 Å². The standard InChI is InChI=1S/C20H22ClN3O2/c1-13-3-8-18(9-14(13)2)24-12-17(10-19(24)25)23-20(26)22-11-15-4-6-16(21)7-5-15/h3-9,17H,10-12H2,1-2H3,(H2,22,23,26). The van der Waals surface area contributed by atoms with Crippen LogP contribution in [0.15, 0.2) is 42.5 Å². The summed E-state index contributed by atoms with van der Waals surface area (Å²) in [6.45, 7) is 4.96. The van der Waals surface area contributed by atoms with Gasteiger partial charge in [-0.2, -0.15) is 0 Å². The van der Waals surface area contributed by atoms with Crippen molar-refractivity contribution in [2.45, 2.75) is 32.9 Å². The first-order valence-corrected chi connectivity index (χ1v) is 8.96. The molecule has 5 nitrogen and oxygen atoms in total. The Labute approximate surface area is 158 Å². The van der Waals surface area contributed by atoms with Gasteiger partial charge < -0.3 is 15.5 Å². The maximum atomic E-state index is 12.3. The van der Waals surface area contributed by atoms with Crippen molar-refractivity contribution in [3.63, 3.8) is 0 Å². The number of nitrogens with one attached hydrogen (secondary N) is 2. The predicted octanol–water partition coefficient (Wildman–Crippen LogP) is 3.56. The quantitative estimate of drug-likeness (QED) is 0.863. The average Bonchev–Trinajstić information content (AvgIpc) is 2.97. The highest BCUT2D eigenvalue weighted by Crippen LogP contribution is 2.24. The van der Waals surface area contributed by atoms with E-state index in [9.17, 15) is 9.59 Å². The van der Waals surface area contributed by atoms with Gasteiger partial charge in [-0.1, -0.05) is 29.8 Å². The zero-order chi connectivity index (χ0) is 18.7. The van der Waals surface area contributed by atoms with Crippen LogP contribution in [0.3, 0.4) is 0 Å². The Kier molecular flexibility index (Phi) is 5.47. The zero-order valence-corrected chi connectivity index (χ0v) is 15.6. The Morgan fingerprint density at radius 2 is 1.88 bits per heavy atom. The Morgan fingerprint density at radius 3 is 2.58 bits per heavy atom. The van der Waals surface area contributed by atoms with Crippen molar-refractivity contribution in [3.05, 3.63) is 64.2 Å². The number of benzene rings is 2. The lowest BCUT2D eigenvalue weighted by Crippen LogP contribution is -2.43. The summed E-state index contributed by atoms with van der Waals surface area (Å²) in [5, 5.41) is 6.35. The van der Waals surface area contributed by atoms with Gasteiger partial charge in [0, 0.05) is 30.2 Å². The van der Waals surface area contributed by atoms with Gasteiger partial charge in [0.05, 0.1) is 6.04 Å². The highest BCUT2D eigenvalue weighted by atomic mass is 35.5. The molecule has 0 radical (unpaired) electrons. The van der Waals surface area contributed by atoms with Crippen molar-refractivity contribution in [1.82, 2.24) is 10.6 Å². The summed E-state index contributed by atoms with van der Waals surface area (Å²) in [6.07, 6.45) is 0.307. The van der Waals surface area contributed by atoms with Gasteiger partial charge in [-0.3, -0.25) is 4.79 Å². The Bertz CT molecular complexity index is 820. The fourth-order valence-electron chi connectivity index (χ4n) is 2.97. The van der Waals surface area contributed by atoms with Crippen molar-refractivity contribution >= 4 is 29.2 Å². The molecule has 1 atom stereocenters. The van der Waals surface area contributed by atoms with Crippen LogP contribution in [0.5, 0.6) is 0 Å². The minimum atomic E-state index is -0.278. The van der Waals surface area contributed by atoms with E-state index >= 15 is 0 Å². The number of hydrogen-bond donors (Lipinski definition) is 2. The smallest absolute Gasteiger partial charge is 0.315 e. The SMILES string of the molecule is Cc1ccc(N2CC(NC(=O)NCc3ccc(Cl)cc3)CC2=O)cc1C. The molecule has 3 amide bonds. The molecular formula is C20H22ClN3O2. The number of urea groups is 1. The maximum Gasteiger partial charge on any atom is 0.315 e. The van der Waals surface area contributed by atoms with Gasteiger partial charge in [0.1, 0.15) is 0 Å². The monoisotopic (exact) mass is 371 g/mol. The fraction of sp³-hybridized carbons (Fsp3) is 0.300. The van der Waals surface area contributed by atoms with Crippen molar-refractivity contribution in [3.8, 4) is 0 Å². The number of amides is 3. The molecule has 0 aromatic heterocycles. The summed E-state index contributed by atoms with van der Waals surface area (Å²) in [5.41, 5.74) is 4.18. The summed E-state index contributed by atoms with van der Waals surface area (Å²) in [7, 11) is 0. The van der Waals surface area contributed by atoms with Crippen LogP contribution in [0.2, 0.25) is 5.02 Å². The van der Waals surface area contributed by atoms with E-state index in [1.54, 1.807) is 17.0 Å². The van der Waals surface area contributed by atoms with Crippen molar-refractivity contribution in [1.29, 1.82) is 0 Å². The molecule has 1 unspecified atom stereocenters. The number of nitrogens with zero attached hydrogens (tertiary/aromatic N) is 1. The molecule has 0 aliphatic carbocycles. The summed E-state index contributed by atoms with van der Waals surface area (Å²) < 4.78 is 0. The number of carbonyl (C=O) groups excluding carboxylic acids is 2. The van der Waals surface area contributed by atoms with Crippen molar-refractivity contribution in [2.75, 3.05) is 11.4 Å². The second-order valence-corrected chi connectivity index (χ2v) is 7.06. The molecule has 0 saturated carbocycles. The van der Waals surface area contributed by atoms with Gasteiger partial charge in [-0.25, -0.2) is 4.79 Å². The predicted molar refractivity (Wildman–Crippen MR) is 103 cm³/mol. The Morgan fingerprint density at radius 1 is 1.15 bits per heavy atom. The van der Waals surface area contributed by atoms with Crippen LogP contribution in [0.25, 0.3) is 0 Å². The van der Waals surface area contributed by atoms with Gasteiger partial charge in [0.15, 0.2) is 0 Å². The molecule has 2 N–H and O–H groups in total. The van der Waals surface area contributed by atoms with E-state index in [4.69, 9.17) is 11.6 Å². The number of carbonyl (C=O) groups is 2. The van der Waals surface area contributed by atoms with E-state index in [1.807, 2.05) is 44.2 Å². The van der Waals surface area contributed by atoms with E-state index in [-0.39, 0.29) is 18.0 Å². The largest absolute Gasteiger partial charge is 0.334 e. The van der Waals surface area contributed by atoms with Crippen LogP contribution in [-0.4, -0.2) is 24.5 Å². The summed E-state index contributed by atoms with van der Waals surface area (Å²) in [6, 6.07) is 12.8. The van der Waals surface area contributed by atoms with Crippen LogP contribution < -0.4 is 15.5 Å². The zero-order valence-electron chi connectivity index (χ0n) is 14.9. The first-order valence-electron chi connectivity index (χ1n) is 8.59. The molecule has 136 valence electrons. The van der Waals surface area contributed by atoms with E-state index in [0.717, 1.165) is 16.8 Å². The van der Waals surface area contributed by atoms with E-state index in [2.05, 4.69) is 10.6 Å². The van der Waals surface area contributed by atoms with Gasteiger partial charge in [-0.15, -0.1) is 0 Å². The molecule has 1 aliphatic heterocycles. The topological polar surface area (TPSA) is 61.4 Å². The number of anilines is 1. The van der Waals surface area contributed by atoms with Crippen LogP contribution in [0, 0.1) is 13.8 Å². The first-order chi connectivity index (χ1) is 12.4. The summed E-state index contributed by atoms with van der Waals surface area (Å²) in [5.74, 6) is 0.0243. The van der Waals surface area contributed by atoms with Crippen LogP contribution in [0.4, 0.5) is 10.5 Å². The van der Waals surface area contributed by atoms with Crippen LogP contribution in [0.1, 0.15) is 23.1 Å². The van der Waals surface area contributed by atoms with Gasteiger partial charge in [0.25, 0.3) is 0 Å². The molecule has 1 heterocycles. The van der Waals surface area contributed by atoms with E-state index in [1.165, 1.54) is 5.56 Å². The highest BCUT2D eigenvalue weighted by Gasteiger charge is 2.31. The minimum Gasteiger partial charge on any atom is -0.334 e. The average molecular weight is 372 g/mol. The number of halogens is 1. The maximum absolute atomic E-state index is 12.3. The normalized spacial score (nSPS) is 16.7. The third-order valence-electron chi connectivity index (χ3n) is 4.63. The van der Waals surface area contributed by atoms with Crippen molar-refractivity contribution in [2.24, 2.45) is 0 Å². The Hall–Kier alpha value is -2.53. The molecule has 3 rings (SSSR count). The third-order valence-corrected chi connectivity index (χ3v) is 4.88. The lowest BCUT2D eigenvalue weighted by Gasteiger charge is -2.18. The molecule has 1 aliphatic rings. The highest BCUT2D eigenvalue weighted by molar-refractivity contribution is 6.30. The molecule has 2 aromatic rings. The number of aryl methyl sites for hydroxylation is 2.